The summed E-state index contributed by atoms with van der Waals surface area (Å²) in [6.07, 6.45) is -2.86. The van der Waals surface area contributed by atoms with Crippen LogP contribution in [-0.2, 0) is 19.7 Å². The standard InChI is InChI=1S/C9H18O7S2/c1-3-17(13,14)9(18(15,16)4-2)5-7(11)8(12)6-10/h5,7-8,10-12H,3-4,6H2,1-2H3/t7-,8+/m0/s1. The van der Waals surface area contributed by atoms with Crippen molar-refractivity contribution in [1.82, 2.24) is 0 Å². The first-order valence-electron chi connectivity index (χ1n) is 5.26. The Kier molecular flexibility index (Phi) is 6.44. The van der Waals surface area contributed by atoms with Crippen molar-refractivity contribution < 1.29 is 32.2 Å². The lowest BCUT2D eigenvalue weighted by Crippen LogP contribution is -2.29. The molecule has 0 aliphatic heterocycles. The molecule has 0 spiro atoms. The van der Waals surface area contributed by atoms with E-state index in [4.69, 9.17) is 10.2 Å². The van der Waals surface area contributed by atoms with Crippen molar-refractivity contribution in [2.45, 2.75) is 26.1 Å². The molecule has 108 valence electrons. The molecule has 0 saturated carbocycles. The predicted molar refractivity (Wildman–Crippen MR) is 66.1 cm³/mol. The fourth-order valence-electron chi connectivity index (χ4n) is 1.04. The Hall–Kier alpha value is -0.480. The predicted octanol–water partition coefficient (Wildman–Crippen LogP) is -1.59. The summed E-state index contributed by atoms with van der Waals surface area (Å²) < 4.78 is 45.7. The maximum Gasteiger partial charge on any atom is 0.188 e. The minimum absolute atomic E-state index is 0.444. The highest BCUT2D eigenvalue weighted by Crippen LogP contribution is 2.18. The van der Waals surface area contributed by atoms with E-state index in [0.29, 0.717) is 6.08 Å². The minimum Gasteiger partial charge on any atom is -0.394 e. The average Bonchev–Trinajstić information content (AvgIpc) is 2.33. The maximum absolute atomic E-state index is 11.6. The summed E-state index contributed by atoms with van der Waals surface area (Å²) in [5, 5.41) is 27.1. The highest BCUT2D eigenvalue weighted by atomic mass is 32.3. The largest absolute Gasteiger partial charge is 0.394 e. The van der Waals surface area contributed by atoms with Crippen LogP contribution in [0.2, 0.25) is 0 Å². The van der Waals surface area contributed by atoms with Gasteiger partial charge in [-0.05, 0) is 6.08 Å². The van der Waals surface area contributed by atoms with Crippen molar-refractivity contribution in [3.05, 3.63) is 10.3 Å². The van der Waals surface area contributed by atoms with E-state index < -0.39 is 54.2 Å². The Bertz CT molecular complexity index is 453. The summed E-state index contributed by atoms with van der Waals surface area (Å²) in [6, 6.07) is 0. The zero-order valence-electron chi connectivity index (χ0n) is 10.1. The third kappa shape index (κ3) is 4.32. The Morgan fingerprint density at radius 1 is 1.06 bits per heavy atom. The summed E-state index contributed by atoms with van der Waals surface area (Å²) in [4.78, 5) is 0. The summed E-state index contributed by atoms with van der Waals surface area (Å²) in [6.45, 7) is 1.72. The fourth-order valence-corrected chi connectivity index (χ4v) is 4.56. The quantitative estimate of drug-likeness (QED) is 0.517. The van der Waals surface area contributed by atoms with Crippen LogP contribution < -0.4 is 0 Å². The highest BCUT2D eigenvalue weighted by Gasteiger charge is 2.29. The maximum atomic E-state index is 11.6. The lowest BCUT2D eigenvalue weighted by Gasteiger charge is -2.14. The van der Waals surface area contributed by atoms with Crippen molar-refractivity contribution in [3.8, 4) is 0 Å². The van der Waals surface area contributed by atoms with Crippen LogP contribution in [0.5, 0.6) is 0 Å². The summed E-state index contributed by atoms with van der Waals surface area (Å²) >= 11 is 0. The van der Waals surface area contributed by atoms with Gasteiger partial charge in [-0.3, -0.25) is 0 Å². The Balaban J connectivity index is 5.74. The summed E-state index contributed by atoms with van der Waals surface area (Å²) in [5.41, 5.74) is 0. The van der Waals surface area contributed by atoms with Crippen LogP contribution in [0.3, 0.4) is 0 Å². The van der Waals surface area contributed by atoms with Crippen LogP contribution in [0.1, 0.15) is 13.8 Å². The van der Waals surface area contributed by atoms with Gasteiger partial charge in [-0.15, -0.1) is 0 Å². The summed E-state index contributed by atoms with van der Waals surface area (Å²) in [7, 11) is -8.09. The highest BCUT2D eigenvalue weighted by molar-refractivity contribution is 8.14. The van der Waals surface area contributed by atoms with E-state index in [0.717, 1.165) is 0 Å². The molecule has 0 saturated heterocycles. The van der Waals surface area contributed by atoms with Gasteiger partial charge in [0.05, 0.1) is 18.1 Å². The van der Waals surface area contributed by atoms with Gasteiger partial charge >= 0.3 is 0 Å². The molecule has 0 aromatic heterocycles. The molecule has 0 heterocycles. The number of aliphatic hydroxyl groups excluding tert-OH is 3. The SMILES string of the molecule is CCS(=O)(=O)C(=C[C@H](O)[C@H](O)CO)S(=O)(=O)CC. The van der Waals surface area contributed by atoms with Crippen molar-refractivity contribution in [2.24, 2.45) is 0 Å². The van der Waals surface area contributed by atoms with E-state index in [2.05, 4.69) is 0 Å². The molecule has 18 heavy (non-hydrogen) atoms. The third-order valence-corrected chi connectivity index (χ3v) is 6.80. The van der Waals surface area contributed by atoms with Gasteiger partial charge in [0.25, 0.3) is 0 Å². The molecule has 0 unspecified atom stereocenters. The van der Waals surface area contributed by atoms with Crippen molar-refractivity contribution in [1.29, 1.82) is 0 Å². The fraction of sp³-hybridized carbons (Fsp3) is 0.778. The Morgan fingerprint density at radius 2 is 1.44 bits per heavy atom. The van der Waals surface area contributed by atoms with Crippen LogP contribution >= 0.6 is 0 Å². The van der Waals surface area contributed by atoms with E-state index in [1.807, 2.05) is 0 Å². The van der Waals surface area contributed by atoms with Gasteiger partial charge in [0.2, 0.25) is 0 Å². The average molecular weight is 302 g/mol. The molecule has 0 aliphatic carbocycles. The van der Waals surface area contributed by atoms with Crippen molar-refractivity contribution in [2.75, 3.05) is 18.1 Å². The Labute approximate surface area is 107 Å². The zero-order chi connectivity index (χ0) is 14.6. The van der Waals surface area contributed by atoms with Gasteiger partial charge in [0, 0.05) is 0 Å². The first-order valence-corrected chi connectivity index (χ1v) is 8.57. The second-order valence-corrected chi connectivity index (χ2v) is 8.28. The van der Waals surface area contributed by atoms with Crippen molar-refractivity contribution >= 4 is 19.7 Å². The molecular weight excluding hydrogens is 284 g/mol. The van der Waals surface area contributed by atoms with E-state index in [9.17, 15) is 21.9 Å². The second kappa shape index (κ2) is 6.62. The van der Waals surface area contributed by atoms with Crippen LogP contribution in [0.25, 0.3) is 0 Å². The van der Waals surface area contributed by atoms with Crippen LogP contribution in [0.4, 0.5) is 0 Å². The molecule has 2 atom stereocenters. The van der Waals surface area contributed by atoms with E-state index in [1.54, 1.807) is 0 Å². The molecule has 7 nitrogen and oxygen atoms in total. The van der Waals surface area contributed by atoms with Gasteiger partial charge in [-0.25, -0.2) is 16.8 Å². The topological polar surface area (TPSA) is 129 Å². The normalized spacial score (nSPS) is 16.1. The van der Waals surface area contributed by atoms with Crippen LogP contribution in [-0.4, -0.2) is 62.5 Å². The van der Waals surface area contributed by atoms with Gasteiger partial charge in [-0.2, -0.15) is 0 Å². The number of hydrogen-bond donors (Lipinski definition) is 3. The smallest absolute Gasteiger partial charge is 0.188 e. The first-order chi connectivity index (χ1) is 8.12. The Morgan fingerprint density at radius 3 is 1.72 bits per heavy atom. The molecule has 0 rings (SSSR count). The monoisotopic (exact) mass is 302 g/mol. The molecule has 9 heteroatoms. The van der Waals surface area contributed by atoms with E-state index in [-0.39, 0.29) is 0 Å². The molecule has 3 N–H and O–H groups in total. The lowest BCUT2D eigenvalue weighted by atomic mass is 10.2. The molecule has 0 fully saturated rings. The molecule has 0 radical (unpaired) electrons. The molecule has 0 aliphatic rings. The molecule has 0 amide bonds. The van der Waals surface area contributed by atoms with Crippen LogP contribution in [0.15, 0.2) is 10.3 Å². The molecule has 0 bridgehead atoms. The van der Waals surface area contributed by atoms with Crippen molar-refractivity contribution in [3.63, 3.8) is 0 Å². The zero-order valence-corrected chi connectivity index (χ0v) is 11.8. The number of aliphatic hydroxyl groups is 3. The second-order valence-electron chi connectivity index (χ2n) is 3.53. The molecular formula is C9H18O7S2. The number of sulfone groups is 2. The number of hydrogen-bond acceptors (Lipinski definition) is 7. The van der Waals surface area contributed by atoms with Gasteiger partial charge < -0.3 is 15.3 Å². The first kappa shape index (κ1) is 17.5. The van der Waals surface area contributed by atoms with Gasteiger partial charge in [-0.1, -0.05) is 13.8 Å². The van der Waals surface area contributed by atoms with Gasteiger partial charge in [0.1, 0.15) is 12.2 Å². The minimum atomic E-state index is -4.05. The molecule has 0 aromatic rings. The summed E-state index contributed by atoms with van der Waals surface area (Å²) in [5.74, 6) is -0.889. The van der Waals surface area contributed by atoms with Crippen LogP contribution in [0, 0.1) is 0 Å². The third-order valence-electron chi connectivity index (χ3n) is 2.26. The molecule has 0 aromatic carbocycles. The van der Waals surface area contributed by atoms with E-state index >= 15 is 0 Å². The lowest BCUT2D eigenvalue weighted by molar-refractivity contribution is 0.00945. The van der Waals surface area contributed by atoms with E-state index in [1.165, 1.54) is 13.8 Å². The van der Waals surface area contributed by atoms with Gasteiger partial charge in [0.15, 0.2) is 23.9 Å². The number of rotatable bonds is 7.